The molecule has 16 heteroatoms. The van der Waals surface area contributed by atoms with Gasteiger partial charge in [-0.2, -0.15) is 0 Å². The van der Waals surface area contributed by atoms with E-state index >= 15 is 0 Å². The largest absolute Gasteiger partial charge is 0.508 e. The second kappa shape index (κ2) is 27.8. The van der Waals surface area contributed by atoms with E-state index in [1.165, 1.54) is 109 Å². The molecule has 2 atom stereocenters. The highest BCUT2D eigenvalue weighted by Gasteiger charge is 2.33. The standard InChI is InChI=1S/C42H41N3O4S.C35H35N3O4S/c1-47-33-17-19-35-38(26-33)48-22-21-45-37-25-31(14-18-34(37)39(40(35)45)30-10-6-3-7-11-30)41(46)44-36(42-43-20-23-50-42)24-28-12-15-32(16-13-28)49-27-29-8-4-2-5-9-29;1-41-26-12-14-28-31(21-26)42-17-16-38-30-20-24(9-13-27(30)32(33(28)38)23-5-3-2-4-6-23)34(40)37-29(35-36-15-18-43-35)19-22-7-10-25(39)11-8-22/h2,4-5,8-9,12-20,23,25-26,30,36H,3,6-7,10-11,21-22,24,27H2,1H3,(H,44,46);7-15,18,20-21,23,29,39H,2-6,16-17,19H2,1H3,(H,37,40)/t36-;29-/m00/s1. The van der Waals surface area contributed by atoms with Crippen molar-refractivity contribution in [3.63, 3.8) is 0 Å². The summed E-state index contributed by atoms with van der Waals surface area (Å²) in [5.74, 6) is 4.99. The number of fused-ring (bicyclic) bond motifs is 10. The normalized spacial score (nSPS) is 15.3. The van der Waals surface area contributed by atoms with E-state index in [1.807, 2.05) is 89.6 Å². The van der Waals surface area contributed by atoms with Gasteiger partial charge in [0.05, 0.1) is 50.8 Å². The lowest BCUT2D eigenvalue weighted by molar-refractivity contribution is 0.0928. The van der Waals surface area contributed by atoms with Crippen LogP contribution in [-0.2, 0) is 32.5 Å². The fourth-order valence-corrected chi connectivity index (χ4v) is 15.7. The molecule has 2 fully saturated rings. The van der Waals surface area contributed by atoms with Crippen molar-refractivity contribution >= 4 is 56.3 Å². The Kier molecular flexibility index (Phi) is 18.3. The quantitative estimate of drug-likeness (QED) is 0.0801. The molecular formula is C77H76N6O8S2. The number of ether oxygens (including phenoxy) is 5. The van der Waals surface area contributed by atoms with E-state index in [1.54, 1.807) is 50.1 Å². The second-order valence-corrected chi connectivity index (χ2v) is 26.5. The van der Waals surface area contributed by atoms with Crippen LogP contribution in [0.3, 0.4) is 0 Å². The van der Waals surface area contributed by atoms with Crippen molar-refractivity contribution in [2.75, 3.05) is 27.4 Å². The van der Waals surface area contributed by atoms with Gasteiger partial charge < -0.3 is 48.6 Å². The van der Waals surface area contributed by atoms with Gasteiger partial charge in [0.2, 0.25) is 0 Å². The Morgan fingerprint density at radius 2 is 1.01 bits per heavy atom. The lowest BCUT2D eigenvalue weighted by Gasteiger charge is -2.23. The van der Waals surface area contributed by atoms with Crippen LogP contribution in [-0.4, -0.2) is 63.5 Å². The summed E-state index contributed by atoms with van der Waals surface area (Å²) in [7, 11) is 3.37. The number of amides is 2. The average Bonchev–Trinajstić information content (AvgIpc) is 1.60. The molecule has 14 nitrogen and oxygen atoms in total. The van der Waals surface area contributed by atoms with Crippen LogP contribution in [0.2, 0.25) is 0 Å². The van der Waals surface area contributed by atoms with Gasteiger partial charge in [0, 0.05) is 79.3 Å². The summed E-state index contributed by atoms with van der Waals surface area (Å²) in [6.45, 7) is 3.00. The summed E-state index contributed by atoms with van der Waals surface area (Å²) in [6.07, 6.45) is 17.0. The number of hydrogen-bond acceptors (Lipinski definition) is 12. The molecule has 4 aliphatic rings. The third kappa shape index (κ3) is 13.2. The third-order valence-corrected chi connectivity index (χ3v) is 20.7. The Labute approximate surface area is 550 Å². The third-order valence-electron chi connectivity index (χ3n) is 18.9. The minimum atomic E-state index is -0.287. The molecule has 0 saturated heterocycles. The van der Waals surface area contributed by atoms with Crippen LogP contribution in [0, 0.1) is 0 Å². The fraction of sp³-hybridized carbons (Fsp3) is 0.299. The van der Waals surface area contributed by atoms with E-state index in [0.29, 0.717) is 68.7 Å². The van der Waals surface area contributed by atoms with Gasteiger partial charge in [-0.25, -0.2) is 9.97 Å². The molecule has 0 spiro atoms. The highest BCUT2D eigenvalue weighted by molar-refractivity contribution is 7.09. The molecule has 4 aromatic heterocycles. The van der Waals surface area contributed by atoms with Gasteiger partial charge in [-0.15, -0.1) is 22.7 Å². The maximum atomic E-state index is 14.1. The minimum absolute atomic E-state index is 0.111. The molecular weight excluding hydrogens is 1200 g/mol. The predicted molar refractivity (Wildman–Crippen MR) is 368 cm³/mol. The van der Waals surface area contributed by atoms with Crippen molar-refractivity contribution in [1.29, 1.82) is 0 Å². The van der Waals surface area contributed by atoms with Gasteiger partial charge in [-0.1, -0.05) is 105 Å². The van der Waals surface area contributed by atoms with Crippen LogP contribution in [0.1, 0.15) is 147 Å². The summed E-state index contributed by atoms with van der Waals surface area (Å²) in [5, 5.41) is 24.4. The Balaban J connectivity index is 0.000000163. The number of benzene rings is 7. The molecule has 2 saturated carbocycles. The van der Waals surface area contributed by atoms with Crippen molar-refractivity contribution in [3.8, 4) is 57.0 Å². The minimum Gasteiger partial charge on any atom is -0.508 e. The number of nitrogens with one attached hydrogen (secondary N) is 2. The van der Waals surface area contributed by atoms with Crippen molar-refractivity contribution in [1.82, 2.24) is 29.7 Å². The number of carbonyl (C=O) groups excluding carboxylic acids is 2. The number of nitrogens with zero attached hydrogens (tertiary/aromatic N) is 4. The van der Waals surface area contributed by atoms with Crippen LogP contribution in [0.25, 0.3) is 44.3 Å². The van der Waals surface area contributed by atoms with E-state index in [-0.39, 0.29) is 29.6 Å². The average molecular weight is 1280 g/mol. The number of aromatic hydroxyl groups is 1. The molecule has 11 aromatic rings. The maximum Gasteiger partial charge on any atom is 0.251 e. The Bertz CT molecular complexity index is 4400. The van der Waals surface area contributed by atoms with Crippen molar-refractivity contribution < 1.29 is 38.4 Å². The molecule has 2 aliphatic heterocycles. The van der Waals surface area contributed by atoms with E-state index in [4.69, 9.17) is 23.7 Å². The van der Waals surface area contributed by atoms with Gasteiger partial charge in [0.25, 0.3) is 11.8 Å². The number of carbonyl (C=O) groups is 2. The molecule has 15 rings (SSSR count). The second-order valence-electron chi connectivity index (χ2n) is 24.7. The summed E-state index contributed by atoms with van der Waals surface area (Å²) in [4.78, 5) is 37.0. The molecule has 2 amide bonds. The van der Waals surface area contributed by atoms with E-state index in [0.717, 1.165) is 77.6 Å². The maximum absolute atomic E-state index is 14.1. The first-order valence-corrected chi connectivity index (χ1v) is 34.4. The fourth-order valence-electron chi connectivity index (χ4n) is 14.3. The van der Waals surface area contributed by atoms with E-state index in [2.05, 4.69) is 90.4 Å². The van der Waals surface area contributed by atoms with Gasteiger partial charge in [-0.05, 0) is 151 Å². The zero-order valence-corrected chi connectivity index (χ0v) is 54.1. The topological polar surface area (TPSA) is 160 Å². The Hall–Kier alpha value is -9.38. The van der Waals surface area contributed by atoms with Crippen LogP contribution < -0.4 is 34.3 Å². The molecule has 7 aromatic carbocycles. The lowest BCUT2D eigenvalue weighted by Crippen LogP contribution is -2.30. The molecule has 3 N–H and O–H groups in total. The first-order chi connectivity index (χ1) is 45.7. The number of thiazole rings is 2. The zero-order chi connectivity index (χ0) is 63.2. The number of phenolic OH excluding ortho intramolecular Hbond substituents is 1. The van der Waals surface area contributed by atoms with Gasteiger partial charge in [-0.3, -0.25) is 9.59 Å². The summed E-state index contributed by atoms with van der Waals surface area (Å²) in [6, 6.07) is 49.5. The van der Waals surface area contributed by atoms with Crippen LogP contribution in [0.4, 0.5) is 0 Å². The molecule has 2 aliphatic carbocycles. The van der Waals surface area contributed by atoms with Crippen molar-refractivity contribution in [2.45, 2.75) is 121 Å². The number of methoxy groups -OCH3 is 2. The monoisotopic (exact) mass is 1280 g/mol. The summed E-state index contributed by atoms with van der Waals surface area (Å²) < 4.78 is 34.4. The van der Waals surface area contributed by atoms with Gasteiger partial charge >= 0.3 is 0 Å². The van der Waals surface area contributed by atoms with E-state index in [9.17, 15) is 14.7 Å². The molecule has 474 valence electrons. The lowest BCUT2D eigenvalue weighted by atomic mass is 9.81. The van der Waals surface area contributed by atoms with Gasteiger partial charge in [0.1, 0.15) is 64.3 Å². The number of phenols is 1. The van der Waals surface area contributed by atoms with E-state index < -0.39 is 0 Å². The van der Waals surface area contributed by atoms with Crippen molar-refractivity contribution in [3.05, 3.63) is 224 Å². The Morgan fingerprint density at radius 1 is 0.548 bits per heavy atom. The molecule has 93 heavy (non-hydrogen) atoms. The molecule has 0 radical (unpaired) electrons. The van der Waals surface area contributed by atoms with Gasteiger partial charge in [0.15, 0.2) is 0 Å². The molecule has 6 heterocycles. The zero-order valence-electron chi connectivity index (χ0n) is 52.5. The number of rotatable bonds is 17. The first kappa shape index (κ1) is 61.1. The highest BCUT2D eigenvalue weighted by atomic mass is 32.1. The van der Waals surface area contributed by atoms with Crippen LogP contribution in [0.5, 0.6) is 34.5 Å². The van der Waals surface area contributed by atoms with Crippen LogP contribution >= 0.6 is 22.7 Å². The predicted octanol–water partition coefficient (Wildman–Crippen LogP) is 17.1. The SMILES string of the molecule is COc1ccc2c(c1)OCCn1c-2c(C2CCCCC2)c2ccc(C(=O)N[C@@H](Cc3ccc(O)cc3)c3nccs3)cc21.COc1ccc2c(c1)OCCn1c-2c(C2CCCCC2)c2ccc(C(=O)N[C@@H](Cc3ccc(OCc4ccccc4)cc3)c3nccs3)cc21. The first-order valence-electron chi connectivity index (χ1n) is 32.6. The van der Waals surface area contributed by atoms with Crippen LogP contribution in [0.15, 0.2) is 175 Å². The molecule has 0 bridgehead atoms. The molecule has 0 unspecified atom stereocenters. The van der Waals surface area contributed by atoms with Crippen molar-refractivity contribution in [2.24, 2.45) is 0 Å². The Morgan fingerprint density at radius 3 is 1.46 bits per heavy atom. The number of aromatic nitrogens is 4. The summed E-state index contributed by atoms with van der Waals surface area (Å²) in [5.41, 5.74) is 14.0. The highest BCUT2D eigenvalue weighted by Crippen LogP contribution is 2.50. The smallest absolute Gasteiger partial charge is 0.251 e. The number of hydrogen-bond donors (Lipinski definition) is 3. The summed E-state index contributed by atoms with van der Waals surface area (Å²) >= 11 is 3.08.